The van der Waals surface area contributed by atoms with Crippen molar-refractivity contribution < 1.29 is 14.4 Å². The third-order valence-electron chi connectivity index (χ3n) is 6.67. The minimum atomic E-state index is -0.874. The number of imide groups is 1. The van der Waals surface area contributed by atoms with Crippen molar-refractivity contribution in [3.05, 3.63) is 35.9 Å². The third kappa shape index (κ3) is 3.33. The smallest absolute Gasteiger partial charge is 0.322 e. The Morgan fingerprint density at radius 2 is 1.81 bits per heavy atom. The fraction of sp³-hybridized carbons (Fsp3) is 0.571. The summed E-state index contributed by atoms with van der Waals surface area (Å²) >= 11 is 0. The van der Waals surface area contributed by atoms with Gasteiger partial charge in [0.1, 0.15) is 5.54 Å². The molecular formula is C21H27N3O3. The molecule has 2 saturated heterocycles. The predicted molar refractivity (Wildman–Crippen MR) is 101 cm³/mol. The van der Waals surface area contributed by atoms with E-state index in [4.69, 9.17) is 0 Å². The van der Waals surface area contributed by atoms with Crippen LogP contribution in [0.3, 0.4) is 0 Å². The maximum absolute atomic E-state index is 12.8. The lowest BCUT2D eigenvalue weighted by atomic mass is 9.74. The summed E-state index contributed by atoms with van der Waals surface area (Å²) in [6.07, 6.45) is 4.43. The van der Waals surface area contributed by atoms with Crippen LogP contribution in [-0.2, 0) is 15.0 Å². The molecule has 2 N–H and O–H groups in total. The lowest BCUT2D eigenvalue weighted by Gasteiger charge is -2.40. The van der Waals surface area contributed by atoms with Crippen molar-refractivity contribution in [2.75, 3.05) is 13.1 Å². The van der Waals surface area contributed by atoms with Crippen molar-refractivity contribution >= 4 is 17.8 Å². The Kier molecular flexibility index (Phi) is 4.44. The van der Waals surface area contributed by atoms with Gasteiger partial charge in [0.15, 0.2) is 0 Å². The molecule has 144 valence electrons. The van der Waals surface area contributed by atoms with E-state index in [9.17, 15) is 14.4 Å². The van der Waals surface area contributed by atoms with Gasteiger partial charge < -0.3 is 10.2 Å². The van der Waals surface area contributed by atoms with Gasteiger partial charge in [-0.05, 0) is 49.0 Å². The maximum atomic E-state index is 12.8. The normalized spacial score (nSPS) is 27.2. The van der Waals surface area contributed by atoms with E-state index in [1.807, 2.05) is 11.0 Å². The van der Waals surface area contributed by atoms with Crippen LogP contribution in [0.2, 0.25) is 0 Å². The second-order valence-electron chi connectivity index (χ2n) is 8.46. The van der Waals surface area contributed by atoms with E-state index < -0.39 is 11.6 Å². The van der Waals surface area contributed by atoms with Gasteiger partial charge >= 0.3 is 6.03 Å². The van der Waals surface area contributed by atoms with Gasteiger partial charge in [-0.25, -0.2) is 4.79 Å². The highest BCUT2D eigenvalue weighted by Gasteiger charge is 2.55. The van der Waals surface area contributed by atoms with Crippen LogP contribution in [0.4, 0.5) is 4.79 Å². The average Bonchev–Trinajstić information content (AvgIpc) is 3.47. The van der Waals surface area contributed by atoms with E-state index in [2.05, 4.69) is 41.8 Å². The van der Waals surface area contributed by atoms with Gasteiger partial charge in [0.25, 0.3) is 5.91 Å². The number of nitrogens with one attached hydrogen (secondary N) is 2. The van der Waals surface area contributed by atoms with Gasteiger partial charge in [-0.3, -0.25) is 14.9 Å². The number of benzene rings is 1. The van der Waals surface area contributed by atoms with Crippen molar-refractivity contribution in [3.63, 3.8) is 0 Å². The molecule has 1 aromatic carbocycles. The lowest BCUT2D eigenvalue weighted by Crippen LogP contribution is -2.50. The number of piperidine rings is 1. The molecule has 0 bridgehead atoms. The number of carbonyl (C=O) groups excluding carboxylic acids is 3. The minimum Gasteiger partial charge on any atom is -0.343 e. The third-order valence-corrected chi connectivity index (χ3v) is 6.67. The monoisotopic (exact) mass is 369 g/mol. The molecule has 1 unspecified atom stereocenters. The van der Waals surface area contributed by atoms with Crippen molar-refractivity contribution in [2.24, 2.45) is 5.92 Å². The zero-order valence-electron chi connectivity index (χ0n) is 15.8. The first-order valence-electron chi connectivity index (χ1n) is 9.90. The Hall–Kier alpha value is -2.37. The van der Waals surface area contributed by atoms with E-state index >= 15 is 0 Å². The van der Waals surface area contributed by atoms with E-state index in [-0.39, 0.29) is 23.1 Å². The molecule has 4 amide bonds. The first kappa shape index (κ1) is 18.0. The first-order chi connectivity index (χ1) is 12.9. The Morgan fingerprint density at radius 1 is 1.15 bits per heavy atom. The molecule has 1 saturated carbocycles. The van der Waals surface area contributed by atoms with Crippen LogP contribution in [0.25, 0.3) is 0 Å². The quantitative estimate of drug-likeness (QED) is 0.782. The molecule has 3 aliphatic rings. The summed E-state index contributed by atoms with van der Waals surface area (Å²) in [7, 11) is 0. The second-order valence-corrected chi connectivity index (χ2v) is 8.46. The first-order valence-corrected chi connectivity index (χ1v) is 9.90. The van der Waals surface area contributed by atoms with E-state index in [1.54, 1.807) is 0 Å². The number of likely N-dealkylation sites (tertiary alicyclic amines) is 1. The van der Waals surface area contributed by atoms with Crippen LogP contribution >= 0.6 is 0 Å². The van der Waals surface area contributed by atoms with Crippen LogP contribution in [0, 0.1) is 5.92 Å². The van der Waals surface area contributed by atoms with E-state index in [0.717, 1.165) is 38.8 Å². The van der Waals surface area contributed by atoms with Gasteiger partial charge in [0.2, 0.25) is 5.91 Å². The predicted octanol–water partition coefficient (Wildman–Crippen LogP) is 2.34. The molecule has 6 heteroatoms. The highest BCUT2D eigenvalue weighted by Crippen LogP contribution is 2.44. The Balaban J connectivity index is 1.35. The largest absolute Gasteiger partial charge is 0.343 e. The standard InChI is InChI=1S/C21H27N3O3/c1-20(15-5-3-2-4-6-15)11-13-24(14-12-20)17(25)9-10-21(16-7-8-16)18(26)22-19(27)23-21/h2-6,16H,7-14H2,1H3,(H2,22,23,26,27). The summed E-state index contributed by atoms with van der Waals surface area (Å²) in [4.78, 5) is 38.6. The molecule has 6 nitrogen and oxygen atoms in total. The molecule has 1 atom stereocenters. The van der Waals surface area contributed by atoms with Crippen LogP contribution in [0.5, 0.6) is 0 Å². The summed E-state index contributed by atoms with van der Waals surface area (Å²) in [5.41, 5.74) is 0.559. The molecule has 1 aromatic rings. The molecule has 0 radical (unpaired) electrons. The second kappa shape index (κ2) is 6.66. The molecule has 1 aliphatic carbocycles. The number of nitrogens with zero attached hydrogens (tertiary/aromatic N) is 1. The van der Waals surface area contributed by atoms with Gasteiger partial charge in [-0.15, -0.1) is 0 Å². The maximum Gasteiger partial charge on any atom is 0.322 e. The average molecular weight is 369 g/mol. The number of rotatable bonds is 5. The van der Waals surface area contributed by atoms with E-state index in [1.165, 1.54) is 5.56 Å². The van der Waals surface area contributed by atoms with Crippen LogP contribution in [0.1, 0.15) is 51.0 Å². The lowest BCUT2D eigenvalue weighted by molar-refractivity contribution is -0.133. The molecular weight excluding hydrogens is 342 g/mol. The van der Waals surface area contributed by atoms with Crippen LogP contribution in [-0.4, -0.2) is 41.4 Å². The minimum absolute atomic E-state index is 0.0825. The Bertz CT molecular complexity index is 751. The fourth-order valence-corrected chi connectivity index (χ4v) is 4.59. The van der Waals surface area contributed by atoms with Crippen molar-refractivity contribution in [2.45, 2.75) is 56.4 Å². The van der Waals surface area contributed by atoms with Crippen molar-refractivity contribution in [1.29, 1.82) is 0 Å². The molecule has 0 aromatic heterocycles. The number of hydrogen-bond donors (Lipinski definition) is 2. The van der Waals surface area contributed by atoms with Gasteiger partial charge in [0.05, 0.1) is 0 Å². The highest BCUT2D eigenvalue weighted by molar-refractivity contribution is 6.07. The highest BCUT2D eigenvalue weighted by atomic mass is 16.2. The topological polar surface area (TPSA) is 78.5 Å². The summed E-state index contributed by atoms with van der Waals surface area (Å²) in [5, 5.41) is 5.15. The van der Waals surface area contributed by atoms with Gasteiger partial charge in [-0.1, -0.05) is 37.3 Å². The molecule has 2 aliphatic heterocycles. The van der Waals surface area contributed by atoms with Crippen molar-refractivity contribution in [3.8, 4) is 0 Å². The number of urea groups is 1. The molecule has 4 rings (SSSR count). The Labute approximate surface area is 159 Å². The zero-order valence-corrected chi connectivity index (χ0v) is 15.8. The zero-order chi connectivity index (χ0) is 19.1. The van der Waals surface area contributed by atoms with Gasteiger partial charge in [-0.2, -0.15) is 0 Å². The number of amides is 4. The number of carbonyl (C=O) groups is 3. The fourth-order valence-electron chi connectivity index (χ4n) is 4.59. The summed E-state index contributed by atoms with van der Waals surface area (Å²) in [6, 6.07) is 10.1. The molecule has 0 spiro atoms. The molecule has 2 heterocycles. The SMILES string of the molecule is CC1(c2ccccc2)CCN(C(=O)CCC2(C3CC3)NC(=O)NC2=O)CC1. The number of hydrogen-bond acceptors (Lipinski definition) is 3. The summed E-state index contributed by atoms with van der Waals surface area (Å²) < 4.78 is 0. The van der Waals surface area contributed by atoms with Gasteiger partial charge in [0, 0.05) is 19.5 Å². The molecule has 3 fully saturated rings. The van der Waals surface area contributed by atoms with E-state index in [0.29, 0.717) is 12.8 Å². The van der Waals surface area contributed by atoms with Crippen molar-refractivity contribution in [1.82, 2.24) is 15.5 Å². The summed E-state index contributed by atoms with van der Waals surface area (Å²) in [6.45, 7) is 3.74. The Morgan fingerprint density at radius 3 is 2.37 bits per heavy atom. The van der Waals surface area contributed by atoms with Crippen LogP contribution < -0.4 is 10.6 Å². The summed E-state index contributed by atoms with van der Waals surface area (Å²) in [5.74, 6) is -0.0170. The van der Waals surface area contributed by atoms with Crippen LogP contribution in [0.15, 0.2) is 30.3 Å². The molecule has 27 heavy (non-hydrogen) atoms.